The van der Waals surface area contributed by atoms with E-state index in [1.165, 1.54) is 0 Å². The number of benzene rings is 14. The van der Waals surface area contributed by atoms with Crippen LogP contribution in [0.4, 0.5) is 0 Å². The van der Waals surface area contributed by atoms with Crippen molar-refractivity contribution in [2.75, 3.05) is 0 Å². The van der Waals surface area contributed by atoms with Crippen molar-refractivity contribution >= 4 is 43.2 Å². The minimum Gasteiger partial charge on any atom is -0.256 e. The zero-order valence-corrected chi connectivity index (χ0v) is 53.8. The first-order chi connectivity index (χ1) is 49.4. The summed E-state index contributed by atoms with van der Waals surface area (Å²) in [5.74, 6) is 5.48. The van der Waals surface area contributed by atoms with Crippen LogP contribution in [-0.4, -0.2) is 49.8 Å². The Morgan fingerprint density at radius 2 is 0.420 bits per heavy atom. The predicted molar refractivity (Wildman–Crippen MR) is 405 cm³/mol. The van der Waals surface area contributed by atoms with Crippen molar-refractivity contribution in [2.45, 2.75) is 0 Å². The van der Waals surface area contributed by atoms with Gasteiger partial charge in [0.15, 0.2) is 52.4 Å². The molecule has 0 bridgehead atoms. The van der Waals surface area contributed by atoms with Gasteiger partial charge in [0.25, 0.3) is 0 Å². The van der Waals surface area contributed by atoms with Gasteiger partial charge >= 0.3 is 0 Å². The molecule has 0 saturated carbocycles. The average Bonchev–Trinajstić information content (AvgIpc) is 0.817. The highest BCUT2D eigenvalue weighted by molar-refractivity contribution is 5.97. The molecule has 0 N–H and O–H groups in total. The van der Waals surface area contributed by atoms with Gasteiger partial charge in [-0.2, -0.15) is 0 Å². The molecule has 0 radical (unpaired) electrons. The fraction of sp³-hybridized carbons (Fsp3) is 0. The molecule has 0 unspecified atom stereocenters. The highest BCUT2D eigenvalue weighted by Crippen LogP contribution is 2.38. The second-order valence-electron chi connectivity index (χ2n) is 24.8. The van der Waals surface area contributed by atoms with Gasteiger partial charge in [0.1, 0.15) is 0 Å². The number of rotatable bonds is 13. The minimum absolute atomic E-state index is 0.581. The molecular weight excluding hydrogens is 1220 g/mol. The van der Waals surface area contributed by atoms with Crippen LogP contribution in [0.15, 0.2) is 340 Å². The van der Waals surface area contributed by atoms with Crippen molar-refractivity contribution < 1.29 is 0 Å². The van der Waals surface area contributed by atoms with E-state index in [9.17, 15) is 0 Å². The number of nitrogens with zero attached hydrogens (tertiary/aromatic N) is 10. The van der Waals surface area contributed by atoms with Crippen LogP contribution in [0.1, 0.15) is 0 Å². The average molecular weight is 1280 g/mol. The number of fused-ring (bicyclic) bond motifs is 4. The fourth-order valence-corrected chi connectivity index (χ4v) is 13.2. The molecule has 10 nitrogen and oxygen atoms in total. The molecule has 100 heavy (non-hydrogen) atoms. The summed E-state index contributed by atoms with van der Waals surface area (Å²) in [6.45, 7) is 0. The van der Waals surface area contributed by atoms with E-state index < -0.39 is 0 Å². The Morgan fingerprint density at radius 3 is 0.850 bits per heavy atom. The van der Waals surface area contributed by atoms with E-state index in [1.807, 2.05) is 97.2 Å². The van der Waals surface area contributed by atoms with Crippen LogP contribution in [0.25, 0.3) is 190 Å². The molecule has 10 heteroatoms. The first-order valence-corrected chi connectivity index (χ1v) is 33.2. The van der Waals surface area contributed by atoms with Crippen molar-refractivity contribution in [3.05, 3.63) is 340 Å². The zero-order chi connectivity index (χ0) is 66.3. The Kier molecular flexibility index (Phi) is 15.0. The third-order valence-corrected chi connectivity index (χ3v) is 18.5. The van der Waals surface area contributed by atoms with Gasteiger partial charge in [0.05, 0.1) is 5.52 Å². The molecule has 18 rings (SSSR count). The van der Waals surface area contributed by atoms with Crippen LogP contribution in [0, 0.1) is 0 Å². The van der Waals surface area contributed by atoms with Crippen LogP contribution in [0.3, 0.4) is 0 Å². The van der Waals surface area contributed by atoms with E-state index >= 15 is 0 Å². The number of pyridine rings is 1. The molecule has 18 aromatic rings. The van der Waals surface area contributed by atoms with Gasteiger partial charge in [-0.3, -0.25) is 4.98 Å². The van der Waals surface area contributed by atoms with Crippen LogP contribution in [0.5, 0.6) is 0 Å². The monoisotopic (exact) mass is 1280 g/mol. The Balaban J connectivity index is 0.610. The Hall–Kier alpha value is -13.7. The summed E-state index contributed by atoms with van der Waals surface area (Å²) < 4.78 is 0. The number of hydrogen-bond donors (Lipinski definition) is 0. The van der Waals surface area contributed by atoms with Gasteiger partial charge in [-0.05, 0) is 119 Å². The Bertz CT molecular complexity index is 5970. The van der Waals surface area contributed by atoms with Gasteiger partial charge in [-0.15, -0.1) is 0 Å². The van der Waals surface area contributed by atoms with Crippen molar-refractivity contribution in [1.29, 1.82) is 0 Å². The Morgan fingerprint density at radius 1 is 0.150 bits per heavy atom. The van der Waals surface area contributed by atoms with Gasteiger partial charge in [-0.25, -0.2) is 44.9 Å². The molecule has 4 heterocycles. The van der Waals surface area contributed by atoms with Gasteiger partial charge < -0.3 is 0 Å². The normalized spacial score (nSPS) is 11.4. The molecule has 0 aliphatic rings. The van der Waals surface area contributed by atoms with Crippen LogP contribution >= 0.6 is 0 Å². The fourth-order valence-electron chi connectivity index (χ4n) is 13.2. The summed E-state index contributed by atoms with van der Waals surface area (Å²) in [5.41, 5.74) is 17.6. The lowest BCUT2D eigenvalue weighted by Crippen LogP contribution is -2.00. The molecule has 0 fully saturated rings. The minimum atomic E-state index is 0.581. The van der Waals surface area contributed by atoms with Crippen molar-refractivity contribution in [3.8, 4) is 147 Å². The van der Waals surface area contributed by atoms with Gasteiger partial charge in [0, 0.05) is 61.7 Å². The van der Waals surface area contributed by atoms with Crippen molar-refractivity contribution in [2.24, 2.45) is 0 Å². The quantitative estimate of drug-likeness (QED) is 0.110. The first-order valence-electron chi connectivity index (χ1n) is 33.2. The smallest absolute Gasteiger partial charge is 0.164 e. The lowest BCUT2D eigenvalue weighted by molar-refractivity contribution is 1.07. The molecule has 0 atom stereocenters. The van der Waals surface area contributed by atoms with E-state index in [-0.39, 0.29) is 0 Å². The molecule has 0 aliphatic heterocycles. The summed E-state index contributed by atoms with van der Waals surface area (Å²) in [7, 11) is 0. The lowest BCUT2D eigenvalue weighted by atomic mass is 9.96. The second kappa shape index (κ2) is 25.5. The highest BCUT2D eigenvalue weighted by Gasteiger charge is 2.19. The van der Waals surface area contributed by atoms with E-state index in [1.54, 1.807) is 0 Å². The van der Waals surface area contributed by atoms with E-state index in [0.29, 0.717) is 52.4 Å². The van der Waals surface area contributed by atoms with Crippen LogP contribution < -0.4 is 0 Å². The van der Waals surface area contributed by atoms with Crippen LogP contribution in [-0.2, 0) is 0 Å². The largest absolute Gasteiger partial charge is 0.256 e. The zero-order valence-electron chi connectivity index (χ0n) is 53.8. The summed E-state index contributed by atoms with van der Waals surface area (Å²) in [6, 6.07) is 115. The molecule has 0 saturated heterocycles. The lowest BCUT2D eigenvalue weighted by Gasteiger charge is -2.12. The predicted octanol–water partition coefficient (Wildman–Crippen LogP) is 21.9. The molecule has 4 aromatic heterocycles. The maximum atomic E-state index is 5.16. The SMILES string of the molecule is c1ccc(-c2nc(-c3ccccc3)nc(-c3ccc(-c4ccc5ccc(-c6ccc(-c7nc(-c8ccccc8)nc(-c8ccc(-c9ccnc%10cc(-c%11cccc(-c%12nc(-c%13ccc%14ccccc%14c%13)nc(-c%13ccc%14ccccc%14c%13)n%12)c%11)ccc9%10)cc8)n7)cc6)cc5c4)cc3)n2)cc1. The molecule has 0 spiro atoms. The second-order valence-corrected chi connectivity index (χ2v) is 24.8. The van der Waals surface area contributed by atoms with E-state index in [2.05, 4.69) is 243 Å². The maximum absolute atomic E-state index is 5.16. The maximum Gasteiger partial charge on any atom is 0.164 e. The summed E-state index contributed by atoms with van der Waals surface area (Å²) in [5, 5.41) is 7.90. The van der Waals surface area contributed by atoms with Gasteiger partial charge in [0.2, 0.25) is 0 Å². The van der Waals surface area contributed by atoms with Crippen LogP contribution in [0.2, 0.25) is 0 Å². The molecule has 0 aliphatic carbocycles. The van der Waals surface area contributed by atoms with E-state index in [0.717, 1.165) is 138 Å². The standard InChI is InChI=1S/C90H56N10/c1-4-17-63(18-5-1)82-92-83(64-19-6-2-7-20-64)94-85(93-82)66-37-27-59(28-38-66)72-43-31-61-32-44-73(55-78(61)54-72)60-29-39-67(40-30-60)86-95-84(65-21-8-3-9-22-65)96-87(97-86)68-41-35-62(36-42-68)79-49-50-91-81-56-74(47-48-80(79)81)71-25-14-26-75(53-71)88-98-89(76-45-33-57-15-10-12-23-69(57)51-76)100-90(99-88)77-46-34-58-16-11-13-24-70(58)52-77/h1-56H. The molecule has 14 aromatic carbocycles. The third-order valence-electron chi connectivity index (χ3n) is 18.5. The molecule has 466 valence electrons. The van der Waals surface area contributed by atoms with Crippen molar-refractivity contribution in [3.63, 3.8) is 0 Å². The highest BCUT2D eigenvalue weighted by atomic mass is 15.1. The van der Waals surface area contributed by atoms with Gasteiger partial charge in [-0.1, -0.05) is 291 Å². The van der Waals surface area contributed by atoms with Crippen molar-refractivity contribution in [1.82, 2.24) is 49.8 Å². The number of aromatic nitrogens is 10. The third kappa shape index (κ3) is 11.7. The summed E-state index contributed by atoms with van der Waals surface area (Å²) in [4.78, 5) is 50.4. The topological polar surface area (TPSA) is 129 Å². The molecular formula is C90H56N10. The first kappa shape index (κ1) is 58.8. The summed E-state index contributed by atoms with van der Waals surface area (Å²) in [6.07, 6.45) is 1.88. The molecule has 0 amide bonds. The number of hydrogen-bond acceptors (Lipinski definition) is 10. The summed E-state index contributed by atoms with van der Waals surface area (Å²) >= 11 is 0. The Labute approximate surface area is 576 Å². The van der Waals surface area contributed by atoms with E-state index in [4.69, 9.17) is 49.8 Å².